The van der Waals surface area contributed by atoms with Crippen LogP contribution < -0.4 is 5.56 Å². The number of aromatic nitrogens is 3. The number of hydrogen-bond acceptors (Lipinski definition) is 5. The fraction of sp³-hybridized carbons (Fsp3) is 0.250. The molecule has 0 saturated carbocycles. The molecule has 0 unspecified atom stereocenters. The maximum Gasteiger partial charge on any atom is 0.270 e. The van der Waals surface area contributed by atoms with Crippen molar-refractivity contribution in [1.29, 1.82) is 0 Å². The van der Waals surface area contributed by atoms with Crippen LogP contribution in [0.25, 0.3) is 11.0 Å². The molecule has 1 aromatic carbocycles. The number of thiazole rings is 1. The van der Waals surface area contributed by atoms with Gasteiger partial charge < -0.3 is 9.88 Å². The van der Waals surface area contributed by atoms with Gasteiger partial charge in [0, 0.05) is 31.5 Å². The lowest BCUT2D eigenvalue weighted by Crippen LogP contribution is -2.27. The highest BCUT2D eigenvalue weighted by molar-refractivity contribution is 7.09. The van der Waals surface area contributed by atoms with Crippen molar-refractivity contribution in [3.63, 3.8) is 0 Å². The van der Waals surface area contributed by atoms with E-state index < -0.39 is 0 Å². The van der Waals surface area contributed by atoms with Gasteiger partial charge in [0.1, 0.15) is 10.7 Å². The lowest BCUT2D eigenvalue weighted by Gasteiger charge is -2.15. The van der Waals surface area contributed by atoms with Crippen molar-refractivity contribution in [3.05, 3.63) is 56.9 Å². The molecule has 0 aliphatic heterocycles. The average Bonchev–Trinajstić information content (AvgIpc) is 3.05. The molecule has 23 heavy (non-hydrogen) atoms. The molecule has 3 aromatic rings. The van der Waals surface area contributed by atoms with E-state index in [4.69, 9.17) is 0 Å². The van der Waals surface area contributed by atoms with Gasteiger partial charge in [0.15, 0.2) is 0 Å². The van der Waals surface area contributed by atoms with Crippen molar-refractivity contribution in [3.8, 4) is 0 Å². The van der Waals surface area contributed by atoms with Gasteiger partial charge in [0.05, 0.1) is 17.6 Å². The summed E-state index contributed by atoms with van der Waals surface area (Å²) in [6.07, 6.45) is 2.29. The molecule has 0 saturated heterocycles. The zero-order chi connectivity index (χ0) is 16.2. The number of hydrogen-bond donors (Lipinski definition) is 1. The molecule has 6 nitrogen and oxygen atoms in total. The minimum absolute atomic E-state index is 0.0328. The van der Waals surface area contributed by atoms with Crippen molar-refractivity contribution in [2.45, 2.75) is 19.4 Å². The predicted molar refractivity (Wildman–Crippen MR) is 89.3 cm³/mol. The Balaban J connectivity index is 1.66. The summed E-state index contributed by atoms with van der Waals surface area (Å²) in [7, 11) is 1.74. The van der Waals surface area contributed by atoms with Gasteiger partial charge in [-0.05, 0) is 12.1 Å². The highest BCUT2D eigenvalue weighted by atomic mass is 32.1. The summed E-state index contributed by atoms with van der Waals surface area (Å²) in [6.45, 7) is 0.484. The molecular weight excluding hydrogens is 312 g/mol. The van der Waals surface area contributed by atoms with Gasteiger partial charge in [-0.25, -0.2) is 9.97 Å². The van der Waals surface area contributed by atoms with E-state index >= 15 is 0 Å². The minimum atomic E-state index is -0.237. The van der Waals surface area contributed by atoms with Crippen LogP contribution >= 0.6 is 11.3 Å². The number of fused-ring (bicyclic) bond motifs is 1. The topological polar surface area (TPSA) is 79.0 Å². The maximum absolute atomic E-state index is 12.2. The second kappa shape index (κ2) is 6.70. The summed E-state index contributed by atoms with van der Waals surface area (Å²) >= 11 is 1.51. The van der Waals surface area contributed by atoms with Crippen molar-refractivity contribution in [2.75, 3.05) is 7.05 Å². The van der Waals surface area contributed by atoms with E-state index in [1.54, 1.807) is 24.2 Å². The van der Waals surface area contributed by atoms with Crippen LogP contribution in [0.4, 0.5) is 0 Å². The van der Waals surface area contributed by atoms with Crippen LogP contribution in [0.15, 0.2) is 40.6 Å². The number of rotatable bonds is 5. The van der Waals surface area contributed by atoms with Crippen molar-refractivity contribution >= 4 is 28.3 Å². The van der Waals surface area contributed by atoms with Crippen molar-refractivity contribution in [1.82, 2.24) is 19.9 Å². The van der Waals surface area contributed by atoms with Crippen LogP contribution in [0.5, 0.6) is 0 Å². The van der Waals surface area contributed by atoms with Crippen LogP contribution in [0.3, 0.4) is 0 Å². The molecule has 0 fully saturated rings. The quantitative estimate of drug-likeness (QED) is 0.776. The number of benzene rings is 1. The molecule has 0 aliphatic carbocycles. The first kappa shape index (κ1) is 15.4. The Labute approximate surface area is 136 Å². The molecule has 0 atom stereocenters. The van der Waals surface area contributed by atoms with Crippen LogP contribution in [0.2, 0.25) is 0 Å². The number of carbonyl (C=O) groups excluding carboxylic acids is 1. The van der Waals surface area contributed by atoms with Crippen LogP contribution in [0.1, 0.15) is 17.1 Å². The highest BCUT2D eigenvalue weighted by Crippen LogP contribution is 2.10. The van der Waals surface area contributed by atoms with Crippen LogP contribution in [-0.2, 0) is 17.8 Å². The van der Waals surface area contributed by atoms with E-state index in [1.165, 1.54) is 11.3 Å². The third-order valence-corrected chi connectivity index (χ3v) is 4.29. The Bertz CT molecular complexity index is 873. The smallest absolute Gasteiger partial charge is 0.270 e. The molecule has 2 aromatic heterocycles. The van der Waals surface area contributed by atoms with Crippen LogP contribution in [0, 0.1) is 0 Å². The van der Waals surface area contributed by atoms with Gasteiger partial charge in [-0.1, -0.05) is 12.1 Å². The lowest BCUT2D eigenvalue weighted by molar-refractivity contribution is -0.130. The Morgan fingerprint density at radius 3 is 2.96 bits per heavy atom. The Hall–Kier alpha value is -2.54. The molecule has 7 heteroatoms. The second-order valence-corrected chi connectivity index (χ2v) is 6.18. The number of nitrogens with one attached hydrogen (secondary N) is 1. The molecule has 0 radical (unpaired) electrons. The maximum atomic E-state index is 12.2. The fourth-order valence-corrected chi connectivity index (χ4v) is 2.94. The molecule has 0 bridgehead atoms. The molecule has 0 spiro atoms. The molecule has 3 rings (SSSR count). The average molecular weight is 328 g/mol. The number of H-pyrrole nitrogens is 1. The van der Waals surface area contributed by atoms with Gasteiger partial charge in [-0.3, -0.25) is 9.59 Å². The van der Waals surface area contributed by atoms with Gasteiger partial charge in [-0.2, -0.15) is 0 Å². The predicted octanol–water partition coefficient (Wildman–Crippen LogP) is 1.97. The standard InChI is InChI=1S/C16H16N4O2S/c1-20(10-14-17-8-9-23-14)15(21)7-6-13-16(22)19-12-5-3-2-4-11(12)18-13/h2-5,8-9H,6-7,10H2,1H3,(H,19,22). The molecule has 0 aliphatic rings. The van der Waals surface area contributed by atoms with Crippen molar-refractivity contribution in [2.24, 2.45) is 0 Å². The number of carbonyl (C=O) groups is 1. The molecule has 118 valence electrons. The molecule has 1 amide bonds. The van der Waals surface area contributed by atoms with E-state index in [9.17, 15) is 9.59 Å². The van der Waals surface area contributed by atoms with E-state index in [0.717, 1.165) is 10.5 Å². The fourth-order valence-electron chi connectivity index (χ4n) is 2.28. The molecule has 1 N–H and O–H groups in total. The van der Waals surface area contributed by atoms with E-state index in [2.05, 4.69) is 15.0 Å². The zero-order valence-corrected chi connectivity index (χ0v) is 13.5. The number of aryl methyl sites for hydroxylation is 1. The van der Waals surface area contributed by atoms with Gasteiger partial charge in [0.25, 0.3) is 5.56 Å². The van der Waals surface area contributed by atoms with E-state index in [-0.39, 0.29) is 17.9 Å². The summed E-state index contributed by atoms with van der Waals surface area (Å²) in [5.41, 5.74) is 1.58. The summed E-state index contributed by atoms with van der Waals surface area (Å²) in [4.78, 5) is 37.1. The minimum Gasteiger partial charge on any atom is -0.339 e. The third kappa shape index (κ3) is 3.62. The SMILES string of the molecule is CN(Cc1nccs1)C(=O)CCc1nc2ccccc2[nH]c1=O. The number of para-hydroxylation sites is 2. The first-order valence-electron chi connectivity index (χ1n) is 7.24. The van der Waals surface area contributed by atoms with Gasteiger partial charge >= 0.3 is 0 Å². The van der Waals surface area contributed by atoms with E-state index in [0.29, 0.717) is 24.2 Å². The van der Waals surface area contributed by atoms with Gasteiger partial charge in [0.2, 0.25) is 5.91 Å². The Morgan fingerprint density at radius 2 is 2.17 bits per heavy atom. The molecular formula is C16H16N4O2S. The third-order valence-electron chi connectivity index (χ3n) is 3.53. The Morgan fingerprint density at radius 1 is 1.35 bits per heavy atom. The number of amides is 1. The van der Waals surface area contributed by atoms with Crippen molar-refractivity contribution < 1.29 is 4.79 Å². The highest BCUT2D eigenvalue weighted by Gasteiger charge is 2.13. The number of nitrogens with zero attached hydrogens (tertiary/aromatic N) is 3. The summed E-state index contributed by atoms with van der Waals surface area (Å²) in [5, 5.41) is 2.77. The van der Waals surface area contributed by atoms with E-state index in [1.807, 2.05) is 23.6 Å². The monoisotopic (exact) mass is 328 g/mol. The largest absolute Gasteiger partial charge is 0.339 e. The first-order chi connectivity index (χ1) is 11.1. The van der Waals surface area contributed by atoms with Gasteiger partial charge in [-0.15, -0.1) is 11.3 Å². The Kier molecular flexibility index (Phi) is 4.47. The lowest BCUT2D eigenvalue weighted by atomic mass is 10.2. The summed E-state index contributed by atoms with van der Waals surface area (Å²) < 4.78 is 0. The first-order valence-corrected chi connectivity index (χ1v) is 8.12. The number of aromatic amines is 1. The second-order valence-electron chi connectivity index (χ2n) is 5.21. The normalized spacial score (nSPS) is 10.8. The summed E-state index contributed by atoms with van der Waals surface area (Å²) in [5.74, 6) is -0.0328. The summed E-state index contributed by atoms with van der Waals surface area (Å²) in [6, 6.07) is 7.35. The van der Waals surface area contributed by atoms with Crippen LogP contribution in [-0.4, -0.2) is 32.8 Å². The zero-order valence-electron chi connectivity index (χ0n) is 12.7. The molecule has 2 heterocycles.